The molecular formula is C11H13F3. The summed E-state index contributed by atoms with van der Waals surface area (Å²) < 4.78 is 37.3. The van der Waals surface area contributed by atoms with Crippen LogP contribution in [-0.4, -0.2) is 6.18 Å². The second kappa shape index (κ2) is 3.30. The molecule has 1 rings (SSSR count). The van der Waals surface area contributed by atoms with Crippen molar-refractivity contribution >= 4 is 0 Å². The number of alkyl halides is 3. The highest BCUT2D eigenvalue weighted by Gasteiger charge is 2.33. The number of rotatable bonds is 0. The van der Waals surface area contributed by atoms with Crippen molar-refractivity contribution in [2.24, 2.45) is 5.41 Å². The van der Waals surface area contributed by atoms with Crippen LogP contribution in [0.1, 0.15) is 20.8 Å². The van der Waals surface area contributed by atoms with Crippen molar-refractivity contribution in [1.82, 2.24) is 0 Å². The van der Waals surface area contributed by atoms with Gasteiger partial charge >= 0.3 is 6.18 Å². The number of hydrogen-bond donors (Lipinski definition) is 0. The predicted molar refractivity (Wildman–Crippen MR) is 50.8 cm³/mol. The van der Waals surface area contributed by atoms with Gasteiger partial charge in [-0.2, -0.15) is 13.2 Å². The summed E-state index contributed by atoms with van der Waals surface area (Å²) in [5.74, 6) is 0. The van der Waals surface area contributed by atoms with E-state index in [0.717, 1.165) is 11.6 Å². The molecule has 0 heterocycles. The van der Waals surface area contributed by atoms with Crippen molar-refractivity contribution in [2.75, 3.05) is 0 Å². The Bertz CT molecular complexity index is 314. The molecule has 0 saturated heterocycles. The van der Waals surface area contributed by atoms with Gasteiger partial charge in [-0.05, 0) is 6.92 Å². The van der Waals surface area contributed by atoms with E-state index in [1.807, 2.05) is 6.08 Å². The van der Waals surface area contributed by atoms with Gasteiger partial charge < -0.3 is 0 Å². The second-order valence-corrected chi connectivity index (χ2v) is 4.14. The fourth-order valence-electron chi connectivity index (χ4n) is 1.52. The van der Waals surface area contributed by atoms with Crippen molar-refractivity contribution in [3.63, 3.8) is 0 Å². The van der Waals surface area contributed by atoms with E-state index >= 15 is 0 Å². The van der Waals surface area contributed by atoms with Crippen molar-refractivity contribution in [3.05, 3.63) is 35.5 Å². The van der Waals surface area contributed by atoms with Crippen LogP contribution in [0.4, 0.5) is 13.2 Å². The molecule has 0 bridgehead atoms. The van der Waals surface area contributed by atoms with E-state index in [1.165, 1.54) is 12.2 Å². The Balaban J connectivity index is 3.13. The van der Waals surface area contributed by atoms with Crippen molar-refractivity contribution in [3.8, 4) is 0 Å². The standard InChI is InChI=1S/C11H13F3/c1-8-4-5-9(11(12,13)14)7-10(2,3)6-8/h4-7H,1-3H3. The quantitative estimate of drug-likeness (QED) is 0.556. The summed E-state index contributed by atoms with van der Waals surface area (Å²) in [7, 11) is 0. The van der Waals surface area contributed by atoms with Gasteiger partial charge in [-0.1, -0.05) is 43.7 Å². The van der Waals surface area contributed by atoms with Crippen LogP contribution in [0.25, 0.3) is 0 Å². The molecule has 0 amide bonds. The predicted octanol–water partition coefficient (Wildman–Crippen LogP) is 4.02. The minimum Gasteiger partial charge on any atom is -0.166 e. The van der Waals surface area contributed by atoms with Crippen molar-refractivity contribution in [2.45, 2.75) is 26.9 Å². The highest BCUT2D eigenvalue weighted by Crippen LogP contribution is 2.34. The molecule has 1 aliphatic carbocycles. The molecule has 0 saturated carbocycles. The zero-order valence-electron chi connectivity index (χ0n) is 8.44. The van der Waals surface area contributed by atoms with Gasteiger partial charge in [0.25, 0.3) is 0 Å². The molecule has 0 N–H and O–H groups in total. The van der Waals surface area contributed by atoms with Crippen LogP contribution in [0.2, 0.25) is 0 Å². The van der Waals surface area contributed by atoms with Gasteiger partial charge in [0.05, 0.1) is 5.57 Å². The largest absolute Gasteiger partial charge is 0.416 e. The van der Waals surface area contributed by atoms with E-state index in [0.29, 0.717) is 0 Å². The molecular weight excluding hydrogens is 189 g/mol. The number of halogens is 3. The minimum atomic E-state index is -4.26. The van der Waals surface area contributed by atoms with Crippen LogP contribution in [0.5, 0.6) is 0 Å². The molecule has 1 aliphatic rings. The number of allylic oxidation sites excluding steroid dienone is 6. The van der Waals surface area contributed by atoms with Gasteiger partial charge in [-0.25, -0.2) is 0 Å². The van der Waals surface area contributed by atoms with Gasteiger partial charge in [-0.3, -0.25) is 0 Å². The molecule has 0 nitrogen and oxygen atoms in total. The summed E-state index contributed by atoms with van der Waals surface area (Å²) in [6.07, 6.45) is 1.43. The van der Waals surface area contributed by atoms with Gasteiger partial charge in [-0.15, -0.1) is 0 Å². The first kappa shape index (κ1) is 11.1. The summed E-state index contributed by atoms with van der Waals surface area (Å²) in [4.78, 5) is 0. The third-order valence-corrected chi connectivity index (χ3v) is 1.98. The van der Waals surface area contributed by atoms with E-state index in [4.69, 9.17) is 0 Å². The van der Waals surface area contributed by atoms with Crippen LogP contribution in [-0.2, 0) is 0 Å². The molecule has 0 radical (unpaired) electrons. The first-order chi connectivity index (χ1) is 6.21. The smallest absolute Gasteiger partial charge is 0.166 e. The molecule has 0 aromatic rings. The summed E-state index contributed by atoms with van der Waals surface area (Å²) in [5, 5.41) is 0. The first-order valence-electron chi connectivity index (χ1n) is 4.38. The van der Waals surface area contributed by atoms with Crippen LogP contribution >= 0.6 is 0 Å². The van der Waals surface area contributed by atoms with Crippen molar-refractivity contribution in [1.29, 1.82) is 0 Å². The Hall–Kier alpha value is -0.990. The minimum absolute atomic E-state index is 0.543. The van der Waals surface area contributed by atoms with E-state index < -0.39 is 17.2 Å². The van der Waals surface area contributed by atoms with E-state index in [1.54, 1.807) is 20.8 Å². The van der Waals surface area contributed by atoms with E-state index in [-0.39, 0.29) is 0 Å². The van der Waals surface area contributed by atoms with Crippen LogP contribution in [0.15, 0.2) is 35.5 Å². The van der Waals surface area contributed by atoms with Gasteiger partial charge in [0.15, 0.2) is 0 Å². The molecule has 0 unspecified atom stereocenters. The lowest BCUT2D eigenvalue weighted by Gasteiger charge is -2.17. The lowest BCUT2D eigenvalue weighted by atomic mass is 9.90. The number of hydrogen-bond acceptors (Lipinski definition) is 0. The van der Waals surface area contributed by atoms with Gasteiger partial charge in [0.1, 0.15) is 0 Å². The van der Waals surface area contributed by atoms with Gasteiger partial charge in [0, 0.05) is 5.41 Å². The summed E-state index contributed by atoms with van der Waals surface area (Å²) >= 11 is 0. The Kier molecular flexibility index (Phi) is 2.61. The van der Waals surface area contributed by atoms with Crippen LogP contribution in [0, 0.1) is 5.41 Å². The molecule has 0 spiro atoms. The van der Waals surface area contributed by atoms with Crippen LogP contribution < -0.4 is 0 Å². The van der Waals surface area contributed by atoms with Crippen LogP contribution in [0.3, 0.4) is 0 Å². The third kappa shape index (κ3) is 2.76. The second-order valence-electron chi connectivity index (χ2n) is 4.14. The summed E-state index contributed by atoms with van der Waals surface area (Å²) in [6, 6.07) is 0. The Labute approximate surface area is 81.8 Å². The fourth-order valence-corrected chi connectivity index (χ4v) is 1.52. The molecule has 0 aliphatic heterocycles. The molecule has 14 heavy (non-hydrogen) atoms. The Morgan fingerprint density at radius 1 is 1.07 bits per heavy atom. The van der Waals surface area contributed by atoms with Crippen molar-refractivity contribution < 1.29 is 13.2 Å². The Morgan fingerprint density at radius 2 is 1.64 bits per heavy atom. The molecule has 0 fully saturated rings. The molecule has 0 aromatic carbocycles. The maximum absolute atomic E-state index is 12.4. The fraction of sp³-hybridized carbons (Fsp3) is 0.455. The Morgan fingerprint density at radius 3 is 2.14 bits per heavy atom. The maximum Gasteiger partial charge on any atom is 0.416 e. The van der Waals surface area contributed by atoms with E-state index in [2.05, 4.69) is 0 Å². The summed E-state index contributed by atoms with van der Waals surface area (Å²) in [5.41, 5.74) is -0.264. The lowest BCUT2D eigenvalue weighted by molar-refractivity contribution is -0.0888. The highest BCUT2D eigenvalue weighted by molar-refractivity contribution is 5.37. The third-order valence-electron chi connectivity index (χ3n) is 1.98. The maximum atomic E-state index is 12.4. The zero-order chi connectivity index (χ0) is 11.0. The first-order valence-corrected chi connectivity index (χ1v) is 4.38. The average Bonchev–Trinajstić information content (AvgIpc) is 2.05. The normalized spacial score (nSPS) is 21.3. The topological polar surface area (TPSA) is 0 Å². The molecule has 3 heteroatoms. The highest BCUT2D eigenvalue weighted by atomic mass is 19.4. The van der Waals surface area contributed by atoms with E-state index in [9.17, 15) is 13.2 Å². The monoisotopic (exact) mass is 202 g/mol. The van der Waals surface area contributed by atoms with Gasteiger partial charge in [0.2, 0.25) is 0 Å². The zero-order valence-corrected chi connectivity index (χ0v) is 8.44. The average molecular weight is 202 g/mol. The molecule has 0 atom stereocenters. The SMILES string of the molecule is CC1=CC(C)(C)C=C(C(F)(F)F)C=C1. The molecule has 0 aromatic heterocycles. The lowest BCUT2D eigenvalue weighted by Crippen LogP contribution is -2.13. The summed E-state index contributed by atoms with van der Waals surface area (Å²) in [6.45, 7) is 5.32. The molecule has 78 valence electrons.